The first-order chi connectivity index (χ1) is 7.67. The summed E-state index contributed by atoms with van der Waals surface area (Å²) in [6, 6.07) is -0.640. The van der Waals surface area contributed by atoms with Crippen molar-refractivity contribution in [2.24, 2.45) is 0 Å². The first-order valence-corrected chi connectivity index (χ1v) is 5.26. The molecular weight excluding hydrogens is 216 g/mol. The Labute approximate surface area is 93.8 Å². The summed E-state index contributed by atoms with van der Waals surface area (Å²) >= 11 is 0. The van der Waals surface area contributed by atoms with Gasteiger partial charge in [0, 0.05) is 6.61 Å². The highest BCUT2D eigenvalue weighted by Crippen LogP contribution is 2.21. The maximum Gasteiger partial charge on any atom is 0.328 e. The van der Waals surface area contributed by atoms with Gasteiger partial charge in [0.25, 0.3) is 0 Å². The first kappa shape index (κ1) is 13.2. The van der Waals surface area contributed by atoms with Gasteiger partial charge in [-0.05, 0) is 6.42 Å². The second kappa shape index (κ2) is 6.00. The minimum Gasteiger partial charge on any atom is -0.376 e. The van der Waals surface area contributed by atoms with Crippen molar-refractivity contribution < 1.29 is 24.9 Å². The van der Waals surface area contributed by atoms with E-state index in [-0.39, 0.29) is 0 Å². The number of urea groups is 1. The average Bonchev–Trinajstić information content (AvgIpc) is 2.50. The molecule has 0 saturated carbocycles. The van der Waals surface area contributed by atoms with Crippen molar-refractivity contribution in [2.45, 2.75) is 32.2 Å². The van der Waals surface area contributed by atoms with Gasteiger partial charge < -0.3 is 20.1 Å². The summed E-state index contributed by atoms with van der Waals surface area (Å²) in [5, 5.41) is 27.6. The minimum absolute atomic E-state index is 0.390. The number of amides is 2. The Morgan fingerprint density at radius 2 is 1.94 bits per heavy atom. The van der Waals surface area contributed by atoms with Crippen molar-refractivity contribution in [3.05, 3.63) is 0 Å². The van der Waals surface area contributed by atoms with Gasteiger partial charge in [-0.15, -0.1) is 0 Å². The second-order valence-corrected chi connectivity index (χ2v) is 3.53. The Bertz CT molecular complexity index is 238. The zero-order valence-corrected chi connectivity index (χ0v) is 9.24. The van der Waals surface area contributed by atoms with Crippen LogP contribution in [0.4, 0.5) is 4.79 Å². The van der Waals surface area contributed by atoms with E-state index in [1.807, 2.05) is 6.92 Å². The molecule has 0 aliphatic carbocycles. The molecule has 0 radical (unpaired) electrons. The average molecular weight is 234 g/mol. The molecule has 1 rings (SSSR count). The van der Waals surface area contributed by atoms with Gasteiger partial charge in [0.15, 0.2) is 12.5 Å². The highest BCUT2D eigenvalue weighted by atomic mass is 16.5. The number of hydrogen-bond acceptors (Lipinski definition) is 5. The van der Waals surface area contributed by atoms with E-state index in [1.165, 1.54) is 0 Å². The van der Waals surface area contributed by atoms with Crippen molar-refractivity contribution in [1.29, 1.82) is 0 Å². The number of nitrogens with zero attached hydrogens (tertiary/aromatic N) is 2. The van der Waals surface area contributed by atoms with E-state index < -0.39 is 31.9 Å². The van der Waals surface area contributed by atoms with E-state index in [4.69, 9.17) is 14.9 Å². The van der Waals surface area contributed by atoms with E-state index >= 15 is 0 Å². The van der Waals surface area contributed by atoms with Crippen molar-refractivity contribution in [3.63, 3.8) is 0 Å². The second-order valence-electron chi connectivity index (χ2n) is 3.53. The van der Waals surface area contributed by atoms with E-state index in [2.05, 4.69) is 0 Å². The minimum atomic E-state index is -1.25. The van der Waals surface area contributed by atoms with Crippen molar-refractivity contribution in [2.75, 3.05) is 20.1 Å². The summed E-state index contributed by atoms with van der Waals surface area (Å²) in [6.07, 6.45) is -0.437. The van der Waals surface area contributed by atoms with Crippen LogP contribution in [0, 0.1) is 0 Å². The number of aliphatic hydroxyl groups excluding tert-OH is 3. The highest BCUT2D eigenvalue weighted by Gasteiger charge is 2.45. The van der Waals surface area contributed by atoms with Gasteiger partial charge in [-0.3, -0.25) is 9.80 Å². The van der Waals surface area contributed by atoms with Gasteiger partial charge in [0.05, 0.1) is 0 Å². The van der Waals surface area contributed by atoms with Gasteiger partial charge in [0.1, 0.15) is 13.5 Å². The quantitative estimate of drug-likeness (QED) is 0.517. The molecule has 94 valence electrons. The van der Waals surface area contributed by atoms with Crippen LogP contribution < -0.4 is 0 Å². The molecular formula is C9H18N2O5. The lowest BCUT2D eigenvalue weighted by molar-refractivity contribution is -0.127. The molecule has 0 bridgehead atoms. The summed E-state index contributed by atoms with van der Waals surface area (Å²) < 4.78 is 5.30. The molecule has 0 aromatic heterocycles. The fourth-order valence-electron chi connectivity index (χ4n) is 1.51. The third-order valence-corrected chi connectivity index (χ3v) is 2.46. The van der Waals surface area contributed by atoms with Crippen molar-refractivity contribution in [1.82, 2.24) is 9.80 Å². The van der Waals surface area contributed by atoms with Crippen LogP contribution in [0.1, 0.15) is 19.8 Å². The Hall–Kier alpha value is -0.890. The van der Waals surface area contributed by atoms with Crippen LogP contribution in [0.3, 0.4) is 0 Å². The SMILES string of the molecule is CCCCOC1C(O)N(CO)C(=O)N1CO. The molecule has 7 nitrogen and oxygen atoms in total. The van der Waals surface area contributed by atoms with Crippen LogP contribution in [-0.2, 0) is 4.74 Å². The molecule has 1 heterocycles. The van der Waals surface area contributed by atoms with Crippen LogP contribution in [0.5, 0.6) is 0 Å². The Kier molecular flexibility index (Phi) is 4.94. The molecule has 2 unspecified atom stereocenters. The van der Waals surface area contributed by atoms with Gasteiger partial charge >= 0.3 is 6.03 Å². The number of ether oxygens (including phenoxy) is 1. The van der Waals surface area contributed by atoms with Crippen LogP contribution in [-0.4, -0.2) is 63.7 Å². The lowest BCUT2D eigenvalue weighted by Gasteiger charge is -2.22. The lowest BCUT2D eigenvalue weighted by atomic mass is 10.3. The molecule has 0 aromatic carbocycles. The first-order valence-electron chi connectivity index (χ1n) is 5.26. The zero-order chi connectivity index (χ0) is 12.1. The summed E-state index contributed by atoms with van der Waals surface area (Å²) in [6.45, 7) is 1.22. The number of carbonyl (C=O) groups excluding carboxylic acids is 1. The van der Waals surface area contributed by atoms with E-state index in [1.54, 1.807) is 0 Å². The molecule has 0 aromatic rings. The molecule has 0 spiro atoms. The molecule has 3 N–H and O–H groups in total. The van der Waals surface area contributed by atoms with E-state index in [9.17, 15) is 9.90 Å². The zero-order valence-electron chi connectivity index (χ0n) is 9.24. The van der Waals surface area contributed by atoms with E-state index in [0.717, 1.165) is 22.6 Å². The summed E-state index contributed by atoms with van der Waals surface area (Å²) in [7, 11) is 0. The van der Waals surface area contributed by atoms with Crippen LogP contribution >= 0.6 is 0 Å². The Balaban J connectivity index is 2.62. The normalized spacial score (nSPS) is 25.6. The summed E-state index contributed by atoms with van der Waals surface area (Å²) in [5.41, 5.74) is 0. The number of aliphatic hydroxyl groups is 3. The molecule has 2 amide bonds. The lowest BCUT2D eigenvalue weighted by Crippen LogP contribution is -2.40. The molecule has 2 atom stereocenters. The van der Waals surface area contributed by atoms with Crippen LogP contribution in [0.25, 0.3) is 0 Å². The molecule has 1 aliphatic rings. The topological polar surface area (TPSA) is 93.5 Å². The number of hydrogen-bond donors (Lipinski definition) is 3. The molecule has 1 saturated heterocycles. The molecule has 7 heteroatoms. The predicted octanol–water partition coefficient (Wildman–Crippen LogP) is -0.915. The third kappa shape index (κ3) is 2.43. The van der Waals surface area contributed by atoms with Crippen LogP contribution in [0.15, 0.2) is 0 Å². The number of unbranched alkanes of at least 4 members (excludes halogenated alkanes) is 1. The van der Waals surface area contributed by atoms with Gasteiger partial charge in [-0.25, -0.2) is 4.79 Å². The smallest absolute Gasteiger partial charge is 0.328 e. The Morgan fingerprint density at radius 3 is 2.44 bits per heavy atom. The number of carbonyl (C=O) groups is 1. The molecule has 1 aliphatic heterocycles. The van der Waals surface area contributed by atoms with Gasteiger partial charge in [-0.1, -0.05) is 13.3 Å². The third-order valence-electron chi connectivity index (χ3n) is 2.46. The van der Waals surface area contributed by atoms with Crippen molar-refractivity contribution in [3.8, 4) is 0 Å². The molecule has 1 fully saturated rings. The Morgan fingerprint density at radius 1 is 1.31 bits per heavy atom. The largest absolute Gasteiger partial charge is 0.376 e. The standard InChI is InChI=1S/C9H18N2O5/c1-2-3-4-16-8-7(14)10(5-12)9(15)11(8)6-13/h7-8,12-14H,2-6H2,1H3. The summed E-state index contributed by atoms with van der Waals surface area (Å²) in [4.78, 5) is 13.3. The van der Waals surface area contributed by atoms with E-state index in [0.29, 0.717) is 6.61 Å². The van der Waals surface area contributed by atoms with Crippen LogP contribution in [0.2, 0.25) is 0 Å². The molecule has 16 heavy (non-hydrogen) atoms. The highest BCUT2D eigenvalue weighted by molar-refractivity contribution is 5.77. The monoisotopic (exact) mass is 234 g/mol. The van der Waals surface area contributed by atoms with Crippen molar-refractivity contribution >= 4 is 6.03 Å². The van der Waals surface area contributed by atoms with Gasteiger partial charge in [-0.2, -0.15) is 0 Å². The maximum atomic E-state index is 11.5. The fourth-order valence-corrected chi connectivity index (χ4v) is 1.51. The predicted molar refractivity (Wildman–Crippen MR) is 53.9 cm³/mol. The fraction of sp³-hybridized carbons (Fsp3) is 0.889. The van der Waals surface area contributed by atoms with Gasteiger partial charge in [0.2, 0.25) is 0 Å². The number of rotatable bonds is 6. The maximum absolute atomic E-state index is 11.5. The summed E-state index contributed by atoms with van der Waals surface area (Å²) in [5.74, 6) is 0.